The Hall–Kier alpha value is -4.73. The number of hydrogen-bond donors (Lipinski definition) is 3. The number of halogens is 1. The number of carbonyl (C=O) groups is 3. The molecule has 1 unspecified atom stereocenters. The molecule has 10 heteroatoms. The van der Waals surface area contributed by atoms with Crippen LogP contribution in [0.25, 0.3) is 6.08 Å². The van der Waals surface area contributed by atoms with Crippen molar-refractivity contribution in [2.45, 2.75) is 30.4 Å². The van der Waals surface area contributed by atoms with Crippen LogP contribution in [0.1, 0.15) is 34.8 Å². The van der Waals surface area contributed by atoms with Crippen molar-refractivity contribution in [2.24, 2.45) is 0 Å². The highest BCUT2D eigenvalue weighted by Crippen LogP contribution is 2.37. The predicted octanol–water partition coefficient (Wildman–Crippen LogP) is 7.58. The van der Waals surface area contributed by atoms with E-state index in [1.807, 2.05) is 50.2 Å². The first-order chi connectivity index (χ1) is 21.7. The van der Waals surface area contributed by atoms with E-state index >= 15 is 0 Å². The SMILES string of the molecule is CCC(Sc1cccc(NC(=O)/C(=C/c2ccccc2C)NC(=O)c2ccccc2)c1)C(=O)Nc1cc(Cl)c(OC)cc1OC. The summed E-state index contributed by atoms with van der Waals surface area (Å²) in [5.74, 6) is -0.269. The zero-order chi connectivity index (χ0) is 32.3. The van der Waals surface area contributed by atoms with E-state index in [0.717, 1.165) is 16.0 Å². The number of carbonyl (C=O) groups excluding carboxylic acids is 3. The molecule has 0 saturated heterocycles. The Morgan fingerprint density at radius 2 is 1.58 bits per heavy atom. The van der Waals surface area contributed by atoms with Crippen LogP contribution in [-0.4, -0.2) is 37.2 Å². The first-order valence-corrected chi connectivity index (χ1v) is 15.4. The molecule has 8 nitrogen and oxygen atoms in total. The fourth-order valence-electron chi connectivity index (χ4n) is 4.35. The third-order valence-corrected chi connectivity index (χ3v) is 8.44. The van der Waals surface area contributed by atoms with Crippen LogP contribution in [0.5, 0.6) is 11.5 Å². The van der Waals surface area contributed by atoms with Crippen molar-refractivity contribution in [1.29, 1.82) is 0 Å². The van der Waals surface area contributed by atoms with Gasteiger partial charge >= 0.3 is 0 Å². The Balaban J connectivity index is 1.51. The number of ether oxygens (including phenoxy) is 2. The first kappa shape index (κ1) is 33.2. The Kier molecular flexibility index (Phi) is 11.7. The molecule has 0 aliphatic rings. The number of nitrogens with one attached hydrogen (secondary N) is 3. The standard InChI is InChI=1S/C35H34ClN3O5S/c1-5-32(35(42)38-28-20-27(36)30(43-3)21-31(28)44-4)45-26-17-11-16-25(19-26)37-34(41)29(18-24-15-10-9-12-22(24)2)39-33(40)23-13-7-6-8-14-23/h6-21,32H,5H2,1-4H3,(H,37,41)(H,38,42)(H,39,40)/b29-18-. The normalized spacial score (nSPS) is 11.7. The predicted molar refractivity (Wildman–Crippen MR) is 181 cm³/mol. The molecular weight excluding hydrogens is 610 g/mol. The molecular formula is C35H34ClN3O5S. The molecule has 4 aromatic carbocycles. The smallest absolute Gasteiger partial charge is 0.272 e. The molecule has 3 N–H and O–H groups in total. The highest BCUT2D eigenvalue weighted by molar-refractivity contribution is 8.00. The van der Waals surface area contributed by atoms with Crippen molar-refractivity contribution in [3.8, 4) is 11.5 Å². The van der Waals surface area contributed by atoms with Gasteiger partial charge in [-0.05, 0) is 66.9 Å². The molecule has 0 saturated carbocycles. The number of thioether (sulfide) groups is 1. The fourth-order valence-corrected chi connectivity index (χ4v) is 5.60. The van der Waals surface area contributed by atoms with Crippen LogP contribution in [0.3, 0.4) is 0 Å². The molecule has 4 rings (SSSR count). The minimum absolute atomic E-state index is 0.0918. The second kappa shape index (κ2) is 15.8. The number of anilines is 2. The first-order valence-electron chi connectivity index (χ1n) is 14.2. The van der Waals surface area contributed by atoms with Gasteiger partial charge in [-0.15, -0.1) is 11.8 Å². The van der Waals surface area contributed by atoms with Gasteiger partial charge in [0.25, 0.3) is 11.8 Å². The van der Waals surface area contributed by atoms with Gasteiger partial charge in [-0.2, -0.15) is 0 Å². The number of aryl methyl sites for hydroxylation is 1. The number of hydrogen-bond acceptors (Lipinski definition) is 6. The molecule has 0 spiro atoms. The molecule has 0 radical (unpaired) electrons. The van der Waals surface area contributed by atoms with E-state index in [1.54, 1.807) is 60.7 Å². The van der Waals surface area contributed by atoms with Gasteiger partial charge in [0.05, 0.1) is 30.2 Å². The Bertz CT molecular complexity index is 1710. The van der Waals surface area contributed by atoms with E-state index in [9.17, 15) is 14.4 Å². The third-order valence-electron chi connectivity index (χ3n) is 6.78. The van der Waals surface area contributed by atoms with E-state index < -0.39 is 17.1 Å². The van der Waals surface area contributed by atoms with Crippen molar-refractivity contribution in [3.05, 3.63) is 118 Å². The maximum atomic E-state index is 13.5. The molecule has 0 aromatic heterocycles. The third kappa shape index (κ3) is 8.90. The number of benzene rings is 4. The van der Waals surface area contributed by atoms with E-state index in [1.165, 1.54) is 26.0 Å². The van der Waals surface area contributed by atoms with Crippen molar-refractivity contribution < 1.29 is 23.9 Å². The second-order valence-electron chi connectivity index (χ2n) is 9.91. The van der Waals surface area contributed by atoms with Crippen molar-refractivity contribution in [3.63, 3.8) is 0 Å². The monoisotopic (exact) mass is 643 g/mol. The van der Waals surface area contributed by atoms with Gasteiger partial charge in [0.2, 0.25) is 5.91 Å². The summed E-state index contributed by atoms with van der Waals surface area (Å²) in [6.45, 7) is 3.85. The van der Waals surface area contributed by atoms with Crippen LogP contribution in [0.2, 0.25) is 5.02 Å². The molecule has 0 heterocycles. The van der Waals surface area contributed by atoms with Crippen LogP contribution < -0.4 is 25.4 Å². The zero-order valence-corrected chi connectivity index (χ0v) is 26.9. The van der Waals surface area contributed by atoms with E-state index in [-0.39, 0.29) is 11.6 Å². The summed E-state index contributed by atoms with van der Waals surface area (Å²) in [7, 11) is 3.00. The Morgan fingerprint density at radius 3 is 2.27 bits per heavy atom. The molecule has 0 aliphatic heterocycles. The topological polar surface area (TPSA) is 106 Å². The summed E-state index contributed by atoms with van der Waals surface area (Å²) in [5.41, 5.74) is 3.21. The van der Waals surface area contributed by atoms with Gasteiger partial charge in [0, 0.05) is 22.2 Å². The van der Waals surface area contributed by atoms with Gasteiger partial charge in [0.15, 0.2) is 0 Å². The molecule has 1 atom stereocenters. The van der Waals surface area contributed by atoms with Gasteiger partial charge in [0.1, 0.15) is 17.2 Å². The molecule has 4 aromatic rings. The lowest BCUT2D eigenvalue weighted by molar-refractivity contribution is -0.116. The van der Waals surface area contributed by atoms with Crippen molar-refractivity contribution >= 4 is 58.5 Å². The van der Waals surface area contributed by atoms with Gasteiger partial charge < -0.3 is 25.4 Å². The average molecular weight is 644 g/mol. The molecule has 0 bridgehead atoms. The van der Waals surface area contributed by atoms with Gasteiger partial charge in [-0.1, -0.05) is 67.1 Å². The minimum Gasteiger partial charge on any atom is -0.495 e. The lowest BCUT2D eigenvalue weighted by Crippen LogP contribution is -2.30. The minimum atomic E-state index is -0.488. The summed E-state index contributed by atoms with van der Waals surface area (Å²) in [6.07, 6.45) is 2.19. The van der Waals surface area contributed by atoms with E-state index in [0.29, 0.717) is 39.9 Å². The molecule has 45 heavy (non-hydrogen) atoms. The lowest BCUT2D eigenvalue weighted by Gasteiger charge is -2.18. The van der Waals surface area contributed by atoms with Crippen LogP contribution in [0.4, 0.5) is 11.4 Å². The number of methoxy groups -OCH3 is 2. The maximum Gasteiger partial charge on any atom is 0.272 e. The van der Waals surface area contributed by atoms with E-state index in [2.05, 4.69) is 16.0 Å². The zero-order valence-electron chi connectivity index (χ0n) is 25.3. The largest absolute Gasteiger partial charge is 0.495 e. The summed E-state index contributed by atoms with van der Waals surface area (Å²) >= 11 is 7.64. The van der Waals surface area contributed by atoms with Crippen LogP contribution in [0.15, 0.2) is 102 Å². The molecule has 232 valence electrons. The Morgan fingerprint density at radius 1 is 0.867 bits per heavy atom. The number of rotatable bonds is 12. The van der Waals surface area contributed by atoms with Crippen molar-refractivity contribution in [2.75, 3.05) is 24.9 Å². The van der Waals surface area contributed by atoms with Crippen LogP contribution in [-0.2, 0) is 9.59 Å². The highest BCUT2D eigenvalue weighted by atomic mass is 35.5. The van der Waals surface area contributed by atoms with Crippen LogP contribution in [0, 0.1) is 6.92 Å². The highest BCUT2D eigenvalue weighted by Gasteiger charge is 2.21. The summed E-state index contributed by atoms with van der Waals surface area (Å²) in [6, 6.07) is 26.7. The number of amides is 3. The second-order valence-corrected chi connectivity index (χ2v) is 11.6. The summed E-state index contributed by atoms with van der Waals surface area (Å²) in [4.78, 5) is 40.6. The summed E-state index contributed by atoms with van der Waals surface area (Å²) in [5, 5.41) is 8.45. The maximum absolute atomic E-state index is 13.5. The van der Waals surface area contributed by atoms with Gasteiger partial charge in [-0.25, -0.2) is 0 Å². The average Bonchev–Trinajstić information content (AvgIpc) is 3.04. The van der Waals surface area contributed by atoms with Crippen LogP contribution >= 0.6 is 23.4 Å². The quantitative estimate of drug-likeness (QED) is 0.109. The van der Waals surface area contributed by atoms with Gasteiger partial charge in [-0.3, -0.25) is 14.4 Å². The lowest BCUT2D eigenvalue weighted by atomic mass is 10.1. The molecule has 3 amide bonds. The molecule has 0 fully saturated rings. The van der Waals surface area contributed by atoms with E-state index in [4.69, 9.17) is 21.1 Å². The summed E-state index contributed by atoms with van der Waals surface area (Å²) < 4.78 is 10.6. The van der Waals surface area contributed by atoms with Crippen molar-refractivity contribution in [1.82, 2.24) is 5.32 Å². The fraction of sp³-hybridized carbons (Fsp3) is 0.171. The molecule has 0 aliphatic carbocycles. The Labute approximate surface area is 272 Å².